The molecule has 2 heteroatoms. The molecule has 1 heterocycles. The average molecular weight is 339 g/mol. The number of rotatable bonds is 1. The van der Waals surface area contributed by atoms with Crippen LogP contribution in [0.25, 0.3) is 10.8 Å². The summed E-state index contributed by atoms with van der Waals surface area (Å²) >= 11 is 0. The van der Waals surface area contributed by atoms with Crippen LogP contribution in [0.5, 0.6) is 0 Å². The number of Topliss-reactive ketones (excluding diaryl/α,β-unsaturated/α-hetero) is 1. The van der Waals surface area contributed by atoms with E-state index in [0.29, 0.717) is 12.2 Å². The highest BCUT2D eigenvalue weighted by molar-refractivity contribution is 6.04. The van der Waals surface area contributed by atoms with Crippen LogP contribution in [0, 0.1) is 6.92 Å². The van der Waals surface area contributed by atoms with Crippen LogP contribution in [-0.4, -0.2) is 5.78 Å². The number of hydrogen-bond acceptors (Lipinski definition) is 2. The zero-order valence-electron chi connectivity index (χ0n) is 14.9. The molecular weight excluding hydrogens is 318 g/mol. The number of benzene rings is 3. The summed E-state index contributed by atoms with van der Waals surface area (Å²) in [7, 11) is 0. The standard InChI is InChI=1S/C24H21NO/c1-15-9-11-17(12-10-15)22-19-14-13-16-5-2-3-6-18(16)24(19)25-20-7-4-8-21(26)23(20)22/h2-3,5-6,9-14,22,25H,4,7-8H2,1H3. The fraction of sp³-hybridized carbons (Fsp3) is 0.208. The van der Waals surface area contributed by atoms with Crippen molar-refractivity contribution in [1.29, 1.82) is 0 Å². The first kappa shape index (κ1) is 15.4. The first-order valence-corrected chi connectivity index (χ1v) is 9.34. The van der Waals surface area contributed by atoms with Crippen LogP contribution < -0.4 is 5.32 Å². The second-order valence-corrected chi connectivity index (χ2v) is 7.39. The van der Waals surface area contributed by atoms with Crippen molar-refractivity contribution in [3.05, 3.63) is 88.6 Å². The maximum Gasteiger partial charge on any atom is 0.161 e. The van der Waals surface area contributed by atoms with E-state index in [9.17, 15) is 4.79 Å². The fourth-order valence-corrected chi connectivity index (χ4v) is 4.41. The molecule has 1 N–H and O–H groups in total. The molecule has 2 aliphatic rings. The summed E-state index contributed by atoms with van der Waals surface area (Å²) in [6.07, 6.45) is 2.54. The fourth-order valence-electron chi connectivity index (χ4n) is 4.41. The Balaban J connectivity index is 1.80. The van der Waals surface area contributed by atoms with E-state index in [1.807, 2.05) is 0 Å². The normalized spacial score (nSPS) is 19.1. The molecule has 1 aliphatic carbocycles. The molecule has 5 rings (SSSR count). The van der Waals surface area contributed by atoms with Gasteiger partial charge in [0.15, 0.2) is 5.78 Å². The van der Waals surface area contributed by atoms with E-state index < -0.39 is 0 Å². The highest BCUT2D eigenvalue weighted by Crippen LogP contribution is 2.47. The molecule has 128 valence electrons. The summed E-state index contributed by atoms with van der Waals surface area (Å²) in [5, 5.41) is 6.10. The summed E-state index contributed by atoms with van der Waals surface area (Å²) in [5.41, 5.74) is 6.92. The smallest absolute Gasteiger partial charge is 0.161 e. The average Bonchev–Trinajstić information content (AvgIpc) is 2.67. The molecule has 1 aliphatic heterocycles. The lowest BCUT2D eigenvalue weighted by molar-refractivity contribution is -0.116. The van der Waals surface area contributed by atoms with Gasteiger partial charge in [-0.2, -0.15) is 0 Å². The highest BCUT2D eigenvalue weighted by atomic mass is 16.1. The van der Waals surface area contributed by atoms with Gasteiger partial charge in [0.25, 0.3) is 0 Å². The summed E-state index contributed by atoms with van der Waals surface area (Å²) in [5.74, 6) is 0.322. The van der Waals surface area contributed by atoms with E-state index in [2.05, 4.69) is 72.9 Å². The third kappa shape index (κ3) is 2.29. The molecule has 0 radical (unpaired) electrons. The second kappa shape index (κ2) is 5.84. The first-order chi connectivity index (χ1) is 12.7. The Bertz CT molecular complexity index is 1060. The van der Waals surface area contributed by atoms with E-state index in [4.69, 9.17) is 0 Å². The van der Waals surface area contributed by atoms with Crippen LogP contribution >= 0.6 is 0 Å². The summed E-state index contributed by atoms with van der Waals surface area (Å²) in [6, 6.07) is 21.5. The van der Waals surface area contributed by atoms with E-state index in [1.165, 1.54) is 33.2 Å². The number of fused-ring (bicyclic) bond motifs is 3. The Morgan fingerprint density at radius 1 is 0.923 bits per heavy atom. The van der Waals surface area contributed by atoms with E-state index in [1.54, 1.807) is 0 Å². The molecule has 3 aromatic carbocycles. The predicted molar refractivity (Wildman–Crippen MR) is 106 cm³/mol. The van der Waals surface area contributed by atoms with Crippen molar-refractivity contribution >= 4 is 22.2 Å². The van der Waals surface area contributed by atoms with E-state index >= 15 is 0 Å². The SMILES string of the molecule is Cc1ccc(C2C3=C(CCCC3=O)Nc3c2ccc2ccccc32)cc1. The second-order valence-electron chi connectivity index (χ2n) is 7.39. The number of ketones is 1. The summed E-state index contributed by atoms with van der Waals surface area (Å²) in [6.45, 7) is 2.10. The Hall–Kier alpha value is -2.87. The Morgan fingerprint density at radius 3 is 2.58 bits per heavy atom. The first-order valence-electron chi connectivity index (χ1n) is 9.34. The van der Waals surface area contributed by atoms with Crippen LogP contribution in [0.15, 0.2) is 71.9 Å². The van der Waals surface area contributed by atoms with Gasteiger partial charge in [-0.25, -0.2) is 0 Å². The van der Waals surface area contributed by atoms with Gasteiger partial charge in [-0.1, -0.05) is 66.2 Å². The minimum Gasteiger partial charge on any atom is -0.358 e. The number of aryl methyl sites for hydroxylation is 1. The van der Waals surface area contributed by atoms with Crippen LogP contribution in [-0.2, 0) is 4.79 Å². The molecule has 0 saturated carbocycles. The number of carbonyl (C=O) groups excluding carboxylic acids is 1. The van der Waals surface area contributed by atoms with E-state index in [0.717, 1.165) is 24.1 Å². The van der Waals surface area contributed by atoms with Crippen molar-refractivity contribution in [2.24, 2.45) is 0 Å². The highest BCUT2D eigenvalue weighted by Gasteiger charge is 2.35. The number of carbonyl (C=O) groups is 1. The Morgan fingerprint density at radius 2 is 1.73 bits per heavy atom. The van der Waals surface area contributed by atoms with Crippen molar-refractivity contribution in [3.63, 3.8) is 0 Å². The number of anilines is 1. The monoisotopic (exact) mass is 339 g/mol. The van der Waals surface area contributed by atoms with Gasteiger partial charge < -0.3 is 5.32 Å². The van der Waals surface area contributed by atoms with Gasteiger partial charge >= 0.3 is 0 Å². The van der Waals surface area contributed by atoms with Gasteiger partial charge in [-0.05, 0) is 36.3 Å². The molecule has 0 aromatic heterocycles. The van der Waals surface area contributed by atoms with Crippen LogP contribution in [0.2, 0.25) is 0 Å². The predicted octanol–water partition coefficient (Wildman–Crippen LogP) is 5.71. The van der Waals surface area contributed by atoms with Gasteiger partial charge in [0, 0.05) is 29.0 Å². The molecule has 0 fully saturated rings. The lowest BCUT2D eigenvalue weighted by Crippen LogP contribution is -2.27. The van der Waals surface area contributed by atoms with Gasteiger partial charge in [0.05, 0.1) is 5.69 Å². The largest absolute Gasteiger partial charge is 0.358 e. The van der Waals surface area contributed by atoms with Crippen molar-refractivity contribution < 1.29 is 4.79 Å². The van der Waals surface area contributed by atoms with Crippen LogP contribution in [0.1, 0.15) is 41.9 Å². The molecule has 1 unspecified atom stereocenters. The Labute approximate surface area is 153 Å². The molecule has 0 amide bonds. The topological polar surface area (TPSA) is 29.1 Å². The molecule has 2 nitrogen and oxygen atoms in total. The van der Waals surface area contributed by atoms with Gasteiger partial charge in [0.2, 0.25) is 0 Å². The van der Waals surface area contributed by atoms with Crippen LogP contribution in [0.3, 0.4) is 0 Å². The summed E-state index contributed by atoms with van der Waals surface area (Å²) in [4.78, 5) is 12.9. The van der Waals surface area contributed by atoms with Crippen molar-refractivity contribution in [2.45, 2.75) is 32.1 Å². The minimum absolute atomic E-state index is 0.0271. The summed E-state index contributed by atoms with van der Waals surface area (Å²) < 4.78 is 0. The zero-order chi connectivity index (χ0) is 17.7. The van der Waals surface area contributed by atoms with Gasteiger partial charge in [0.1, 0.15) is 0 Å². The maximum atomic E-state index is 12.9. The van der Waals surface area contributed by atoms with Crippen LogP contribution in [0.4, 0.5) is 5.69 Å². The molecule has 0 saturated heterocycles. The quantitative estimate of drug-likeness (QED) is 0.615. The third-order valence-corrected chi connectivity index (χ3v) is 5.70. The molecular formula is C24H21NO. The van der Waals surface area contributed by atoms with E-state index in [-0.39, 0.29) is 5.92 Å². The van der Waals surface area contributed by atoms with Crippen molar-refractivity contribution in [1.82, 2.24) is 0 Å². The lowest BCUT2D eigenvalue weighted by Gasteiger charge is -2.34. The van der Waals surface area contributed by atoms with Crippen molar-refractivity contribution in [3.8, 4) is 0 Å². The molecule has 0 spiro atoms. The maximum absolute atomic E-state index is 12.9. The molecule has 3 aromatic rings. The minimum atomic E-state index is 0.0271. The third-order valence-electron chi connectivity index (χ3n) is 5.70. The zero-order valence-corrected chi connectivity index (χ0v) is 14.9. The molecule has 0 bridgehead atoms. The van der Waals surface area contributed by atoms with Crippen molar-refractivity contribution in [2.75, 3.05) is 5.32 Å². The number of allylic oxidation sites excluding steroid dienone is 2. The molecule has 26 heavy (non-hydrogen) atoms. The molecule has 1 atom stereocenters. The number of nitrogens with one attached hydrogen (secondary N) is 1. The van der Waals surface area contributed by atoms with Gasteiger partial charge in [-0.15, -0.1) is 0 Å². The number of hydrogen-bond donors (Lipinski definition) is 1. The van der Waals surface area contributed by atoms with Gasteiger partial charge in [-0.3, -0.25) is 4.79 Å². The lowest BCUT2D eigenvalue weighted by atomic mass is 9.75. The Kier molecular flexibility index (Phi) is 3.46.